The molecule has 6 atom stereocenters. The Hall–Kier alpha value is -3.11. The molecule has 1 saturated heterocycles. The molecule has 44 heavy (non-hydrogen) atoms. The topological polar surface area (TPSA) is 322 Å². The summed E-state index contributed by atoms with van der Waals surface area (Å²) in [6, 6.07) is 5.55. The molecule has 3 heterocycles. The number of ether oxygens (including phenoxy) is 1. The summed E-state index contributed by atoms with van der Waals surface area (Å²) in [6.07, 6.45) is -2.58. The number of carboxylic acids is 1. The average Bonchev–Trinajstić information content (AvgIpc) is 3.45. The number of aliphatic hydroxyl groups excluding tert-OH is 1. The first-order chi connectivity index (χ1) is 20.4. The van der Waals surface area contributed by atoms with E-state index in [2.05, 4.69) is 39.9 Å². The third-order valence-electron chi connectivity index (χ3n) is 5.86. The van der Waals surface area contributed by atoms with Crippen molar-refractivity contribution >= 4 is 46.4 Å². The van der Waals surface area contributed by atoms with E-state index in [0.717, 1.165) is 6.33 Å². The minimum Gasteiger partial charge on any atom is -0.480 e. The molecule has 0 spiro atoms. The van der Waals surface area contributed by atoms with E-state index in [1.165, 1.54) is 4.57 Å². The van der Waals surface area contributed by atoms with Crippen LogP contribution in [0.3, 0.4) is 0 Å². The van der Waals surface area contributed by atoms with Crippen molar-refractivity contribution in [3.63, 3.8) is 0 Å². The van der Waals surface area contributed by atoms with Gasteiger partial charge in [0.15, 0.2) is 22.8 Å². The van der Waals surface area contributed by atoms with E-state index < -0.39 is 60.5 Å². The number of carboxylic acid groups (broad SMARTS) is 1. The molecule has 1 aliphatic heterocycles. The third-order valence-corrected chi connectivity index (χ3v) is 9.66. The molecule has 0 bridgehead atoms. The van der Waals surface area contributed by atoms with Gasteiger partial charge in [-0.15, -0.1) is 0 Å². The first-order valence-electron chi connectivity index (χ1n) is 12.1. The summed E-state index contributed by atoms with van der Waals surface area (Å²) < 4.78 is 53.5. The Morgan fingerprint density at radius 2 is 1.77 bits per heavy atom. The molecule has 1 aliphatic rings. The molecule has 2 unspecified atom stereocenters. The number of nitrogens with zero attached hydrogens (tertiary/aromatic N) is 4. The lowest BCUT2D eigenvalue weighted by Crippen LogP contribution is -2.32. The number of hydrogen-bond acceptors (Lipinski definition) is 14. The maximum absolute atomic E-state index is 12.1. The van der Waals surface area contributed by atoms with Gasteiger partial charge in [-0.05, 0) is 30.0 Å². The first-order valence-corrected chi connectivity index (χ1v) is 16.6. The van der Waals surface area contributed by atoms with Crippen LogP contribution in [0.5, 0.6) is 0 Å². The van der Waals surface area contributed by atoms with E-state index >= 15 is 0 Å². The SMILES string of the molecule is Nc1ncnc2c1nc(C#Cc1ccc(C[C@H](N)C(=O)O)cc1)n2[C@H]1C[C@H](O)[C@@H](COP(=O)(O)OP(=O)(O)OP(=O)(O)O)O1. The predicted octanol–water partition coefficient (Wildman–Crippen LogP) is -0.246. The second-order valence-corrected chi connectivity index (χ2v) is 13.6. The molecular weight excluding hydrogens is 653 g/mol. The van der Waals surface area contributed by atoms with Gasteiger partial charge in [0.05, 0.1) is 12.7 Å². The molecule has 0 radical (unpaired) electrons. The van der Waals surface area contributed by atoms with Crippen molar-refractivity contribution in [2.45, 2.75) is 37.3 Å². The van der Waals surface area contributed by atoms with Crippen LogP contribution in [-0.2, 0) is 42.8 Å². The fourth-order valence-electron chi connectivity index (χ4n) is 3.97. The Morgan fingerprint density at radius 1 is 1.09 bits per heavy atom. The molecule has 2 aromatic heterocycles. The second kappa shape index (κ2) is 13.1. The van der Waals surface area contributed by atoms with Crippen LogP contribution in [0.4, 0.5) is 5.82 Å². The number of nitrogen functional groups attached to an aromatic ring is 1. The molecule has 3 aromatic rings. The van der Waals surface area contributed by atoms with E-state index in [1.54, 1.807) is 24.3 Å². The maximum atomic E-state index is 12.1. The predicted molar refractivity (Wildman–Crippen MR) is 146 cm³/mol. The van der Waals surface area contributed by atoms with Crippen LogP contribution >= 0.6 is 23.5 Å². The molecule has 23 heteroatoms. The molecular formula is C21H25N6O14P3. The number of phosphoric acid groups is 3. The van der Waals surface area contributed by atoms with Gasteiger partial charge in [-0.1, -0.05) is 18.1 Å². The van der Waals surface area contributed by atoms with Crippen LogP contribution in [0.1, 0.15) is 29.6 Å². The van der Waals surface area contributed by atoms with Gasteiger partial charge >= 0.3 is 29.4 Å². The first kappa shape index (κ1) is 33.8. The van der Waals surface area contributed by atoms with Crippen molar-refractivity contribution in [3.8, 4) is 11.8 Å². The van der Waals surface area contributed by atoms with Gasteiger partial charge in [0, 0.05) is 12.0 Å². The number of phosphoric ester groups is 1. The Labute approximate surface area is 247 Å². The Bertz CT molecular complexity index is 1750. The number of hydrogen-bond donors (Lipinski definition) is 8. The van der Waals surface area contributed by atoms with Crippen LogP contribution in [0.25, 0.3) is 11.2 Å². The molecule has 238 valence electrons. The summed E-state index contributed by atoms with van der Waals surface area (Å²) in [5, 5.41) is 19.6. The molecule has 20 nitrogen and oxygen atoms in total. The molecule has 0 aliphatic carbocycles. The maximum Gasteiger partial charge on any atom is 0.490 e. The van der Waals surface area contributed by atoms with E-state index in [-0.39, 0.29) is 35.6 Å². The summed E-state index contributed by atoms with van der Waals surface area (Å²) >= 11 is 0. The number of fused-ring (bicyclic) bond motifs is 1. The van der Waals surface area contributed by atoms with Crippen LogP contribution in [-0.4, -0.2) is 80.1 Å². The van der Waals surface area contributed by atoms with Crippen molar-refractivity contribution in [3.05, 3.63) is 47.5 Å². The van der Waals surface area contributed by atoms with Crippen LogP contribution in [0, 0.1) is 11.8 Å². The van der Waals surface area contributed by atoms with Crippen LogP contribution < -0.4 is 11.5 Å². The fourth-order valence-corrected chi connectivity index (χ4v) is 7.00. The number of nitrogens with two attached hydrogens (primary N) is 2. The fraction of sp³-hybridized carbons (Fsp3) is 0.333. The van der Waals surface area contributed by atoms with E-state index in [1.807, 2.05) is 0 Å². The number of benzene rings is 1. The Kier molecular flexibility index (Phi) is 10.0. The van der Waals surface area contributed by atoms with E-state index in [0.29, 0.717) is 11.1 Å². The molecule has 0 amide bonds. The van der Waals surface area contributed by atoms with Gasteiger partial charge in [0.25, 0.3) is 0 Å². The van der Waals surface area contributed by atoms with Crippen molar-refractivity contribution in [1.29, 1.82) is 0 Å². The van der Waals surface area contributed by atoms with Gasteiger partial charge in [-0.25, -0.2) is 28.6 Å². The largest absolute Gasteiger partial charge is 0.490 e. The highest BCUT2D eigenvalue weighted by atomic mass is 31.3. The van der Waals surface area contributed by atoms with Gasteiger partial charge in [0.1, 0.15) is 24.7 Å². The number of aromatic nitrogens is 4. The third kappa shape index (κ3) is 8.75. The number of aliphatic hydroxyl groups is 1. The zero-order chi connectivity index (χ0) is 32.4. The molecule has 1 fully saturated rings. The zero-order valence-electron chi connectivity index (χ0n) is 22.1. The van der Waals surface area contributed by atoms with Crippen molar-refractivity contribution in [2.24, 2.45) is 5.73 Å². The average molecular weight is 678 g/mol. The second-order valence-electron chi connectivity index (χ2n) is 9.15. The summed E-state index contributed by atoms with van der Waals surface area (Å²) in [5.41, 5.74) is 13.0. The smallest absolute Gasteiger partial charge is 0.480 e. The molecule has 4 rings (SSSR count). The lowest BCUT2D eigenvalue weighted by atomic mass is 10.0. The van der Waals surface area contributed by atoms with Crippen molar-refractivity contribution in [1.82, 2.24) is 19.5 Å². The summed E-state index contributed by atoms with van der Waals surface area (Å²) in [6.45, 7) is -0.885. The highest BCUT2D eigenvalue weighted by Crippen LogP contribution is 2.66. The summed E-state index contributed by atoms with van der Waals surface area (Å²) in [4.78, 5) is 59.7. The van der Waals surface area contributed by atoms with Crippen LogP contribution in [0.15, 0.2) is 30.6 Å². The normalized spacial score (nSPS) is 22.1. The number of rotatable bonds is 11. The number of carbonyl (C=O) groups is 1. The van der Waals surface area contributed by atoms with E-state index in [9.17, 15) is 33.4 Å². The molecule has 1 aromatic carbocycles. The van der Waals surface area contributed by atoms with Gasteiger partial charge in [-0.3, -0.25) is 13.9 Å². The summed E-state index contributed by atoms with van der Waals surface area (Å²) in [7, 11) is -16.8. The highest BCUT2D eigenvalue weighted by molar-refractivity contribution is 7.66. The van der Waals surface area contributed by atoms with Crippen LogP contribution in [0.2, 0.25) is 0 Å². The van der Waals surface area contributed by atoms with Gasteiger partial charge in [-0.2, -0.15) is 8.62 Å². The quantitative estimate of drug-likeness (QED) is 0.0957. The Morgan fingerprint density at radius 3 is 2.41 bits per heavy atom. The highest BCUT2D eigenvalue weighted by Gasteiger charge is 2.43. The van der Waals surface area contributed by atoms with Crippen molar-refractivity contribution < 1.29 is 66.2 Å². The lowest BCUT2D eigenvalue weighted by Gasteiger charge is -2.19. The van der Waals surface area contributed by atoms with E-state index in [4.69, 9.17) is 31.1 Å². The lowest BCUT2D eigenvalue weighted by molar-refractivity contribution is -0.138. The zero-order valence-corrected chi connectivity index (χ0v) is 24.7. The number of anilines is 1. The summed E-state index contributed by atoms with van der Waals surface area (Å²) in [5.74, 6) is 4.71. The monoisotopic (exact) mass is 678 g/mol. The van der Waals surface area contributed by atoms with Crippen molar-refractivity contribution in [2.75, 3.05) is 12.3 Å². The van der Waals surface area contributed by atoms with Gasteiger partial charge < -0.3 is 46.0 Å². The minimum absolute atomic E-state index is 0.0127. The molecule has 10 N–H and O–H groups in total. The van der Waals surface area contributed by atoms with Gasteiger partial charge in [0.2, 0.25) is 0 Å². The molecule has 0 saturated carbocycles. The number of imidazole rings is 1. The Balaban J connectivity index is 1.53. The minimum atomic E-state index is -5.74. The standard InChI is InChI=1S/C21H25N6O14P3/c22-13(21(29)30)7-12-3-1-11(2-4-12)5-6-16-26-18-19(23)24-10-25-20(18)27(16)17-8-14(28)15(39-17)9-38-43(34,35)41-44(36,37)40-42(31,32)33/h1-4,10,13-15,17,28H,7-9,22H2,(H,29,30)(H,34,35)(H,36,37)(H2,23,24,25)(H2,31,32,33)/t13-,14-,15+,17+/m0/s1. The number of aliphatic carboxylic acids is 1.